The lowest BCUT2D eigenvalue weighted by Gasteiger charge is -2.31. The van der Waals surface area contributed by atoms with Gasteiger partial charge in [-0.3, -0.25) is 4.79 Å². The number of halogens is 6. The van der Waals surface area contributed by atoms with Crippen molar-refractivity contribution in [2.75, 3.05) is 0 Å². The van der Waals surface area contributed by atoms with Crippen LogP contribution in [0.2, 0.25) is 0 Å². The summed E-state index contributed by atoms with van der Waals surface area (Å²) in [5.41, 5.74) is -4.74. The molecule has 1 aromatic heterocycles. The molecular formula is C22H16F6N4O2. The molecule has 1 atom stereocenters. The SMILES string of the molecule is CC(=O)N1N=C(c2cnn(-c3ccccc3)c2C(F)(F)F)O[C@]1(C)c1cccc(C(F)(F)F)c1. The van der Waals surface area contributed by atoms with E-state index in [1.54, 1.807) is 6.07 Å². The number of para-hydroxylation sites is 1. The number of alkyl halides is 6. The second-order valence-corrected chi connectivity index (χ2v) is 7.55. The fourth-order valence-corrected chi connectivity index (χ4v) is 3.63. The topological polar surface area (TPSA) is 59.7 Å². The van der Waals surface area contributed by atoms with E-state index in [1.165, 1.54) is 37.3 Å². The van der Waals surface area contributed by atoms with Gasteiger partial charge in [0.05, 0.1) is 23.0 Å². The Morgan fingerprint density at radius 2 is 1.65 bits per heavy atom. The number of amides is 1. The van der Waals surface area contributed by atoms with Gasteiger partial charge in [-0.2, -0.15) is 36.5 Å². The highest BCUT2D eigenvalue weighted by atomic mass is 19.4. The molecule has 0 radical (unpaired) electrons. The summed E-state index contributed by atoms with van der Waals surface area (Å²) in [6, 6.07) is 11.5. The molecule has 0 spiro atoms. The molecule has 0 saturated heterocycles. The van der Waals surface area contributed by atoms with Crippen molar-refractivity contribution in [3.05, 3.63) is 83.2 Å². The number of hydrazone groups is 1. The first kappa shape index (κ1) is 23.3. The monoisotopic (exact) mass is 482 g/mol. The van der Waals surface area contributed by atoms with Crippen LogP contribution in [0.3, 0.4) is 0 Å². The molecule has 12 heteroatoms. The molecule has 1 aliphatic heterocycles. The van der Waals surface area contributed by atoms with Gasteiger partial charge in [-0.25, -0.2) is 4.68 Å². The number of hydrogen-bond acceptors (Lipinski definition) is 4. The number of hydrogen-bond donors (Lipinski definition) is 0. The molecule has 4 rings (SSSR count). The van der Waals surface area contributed by atoms with Gasteiger partial charge in [-0.05, 0) is 24.3 Å². The molecule has 1 amide bonds. The maximum absolute atomic E-state index is 14.1. The van der Waals surface area contributed by atoms with E-state index in [9.17, 15) is 31.1 Å². The highest BCUT2D eigenvalue weighted by molar-refractivity contribution is 5.98. The summed E-state index contributed by atoms with van der Waals surface area (Å²) in [4.78, 5) is 12.3. The zero-order chi connectivity index (χ0) is 24.9. The van der Waals surface area contributed by atoms with Gasteiger partial charge >= 0.3 is 12.4 Å². The second kappa shape index (κ2) is 7.89. The van der Waals surface area contributed by atoms with Crippen LogP contribution in [0.5, 0.6) is 0 Å². The Bertz CT molecular complexity index is 1270. The average Bonchev–Trinajstić information content (AvgIpc) is 3.36. The van der Waals surface area contributed by atoms with Crippen LogP contribution in [0.25, 0.3) is 5.69 Å². The number of ether oxygens (including phenoxy) is 1. The second-order valence-electron chi connectivity index (χ2n) is 7.55. The van der Waals surface area contributed by atoms with E-state index < -0.39 is 46.7 Å². The van der Waals surface area contributed by atoms with Crippen LogP contribution in [-0.2, 0) is 27.6 Å². The number of carbonyl (C=O) groups is 1. The van der Waals surface area contributed by atoms with E-state index in [0.717, 1.165) is 31.3 Å². The van der Waals surface area contributed by atoms with Crippen molar-refractivity contribution in [1.29, 1.82) is 0 Å². The molecule has 0 bridgehead atoms. The van der Waals surface area contributed by atoms with Gasteiger partial charge in [-0.1, -0.05) is 30.3 Å². The molecule has 3 aromatic rings. The van der Waals surface area contributed by atoms with Crippen LogP contribution in [0, 0.1) is 0 Å². The number of rotatable bonds is 3. The summed E-state index contributed by atoms with van der Waals surface area (Å²) in [5, 5.41) is 8.43. The molecule has 1 aliphatic rings. The lowest BCUT2D eigenvalue weighted by Crippen LogP contribution is -2.41. The molecule has 2 heterocycles. The minimum Gasteiger partial charge on any atom is -0.443 e. The predicted octanol–water partition coefficient (Wildman–Crippen LogP) is 5.32. The van der Waals surface area contributed by atoms with Gasteiger partial charge in [0.1, 0.15) is 0 Å². The fourth-order valence-electron chi connectivity index (χ4n) is 3.63. The van der Waals surface area contributed by atoms with Gasteiger partial charge in [0.25, 0.3) is 0 Å². The Balaban J connectivity index is 1.83. The molecule has 0 aliphatic carbocycles. The van der Waals surface area contributed by atoms with Crippen LogP contribution in [0.15, 0.2) is 65.9 Å². The van der Waals surface area contributed by atoms with Gasteiger partial charge in [0.15, 0.2) is 5.69 Å². The summed E-state index contributed by atoms with van der Waals surface area (Å²) >= 11 is 0. The molecule has 0 fully saturated rings. The zero-order valence-electron chi connectivity index (χ0n) is 17.6. The van der Waals surface area contributed by atoms with Crippen molar-refractivity contribution in [2.45, 2.75) is 31.9 Å². The Labute approximate surface area is 189 Å². The van der Waals surface area contributed by atoms with Crippen LogP contribution < -0.4 is 0 Å². The van der Waals surface area contributed by atoms with E-state index in [1.807, 2.05) is 0 Å². The average molecular weight is 482 g/mol. The van der Waals surface area contributed by atoms with Crippen molar-refractivity contribution in [3.63, 3.8) is 0 Å². The minimum atomic E-state index is -4.90. The lowest BCUT2D eigenvalue weighted by atomic mass is 10.0. The molecule has 6 nitrogen and oxygen atoms in total. The van der Waals surface area contributed by atoms with Gasteiger partial charge in [0, 0.05) is 19.4 Å². The molecule has 0 unspecified atom stereocenters. The van der Waals surface area contributed by atoms with E-state index in [-0.39, 0.29) is 11.3 Å². The summed E-state index contributed by atoms with van der Waals surface area (Å²) < 4.78 is 88.2. The highest BCUT2D eigenvalue weighted by Crippen LogP contribution is 2.41. The van der Waals surface area contributed by atoms with E-state index in [4.69, 9.17) is 4.74 Å². The van der Waals surface area contributed by atoms with Crippen molar-refractivity contribution in [3.8, 4) is 5.69 Å². The van der Waals surface area contributed by atoms with Crippen molar-refractivity contribution >= 4 is 11.8 Å². The van der Waals surface area contributed by atoms with E-state index >= 15 is 0 Å². The lowest BCUT2D eigenvalue weighted by molar-refractivity contribution is -0.147. The molecule has 0 N–H and O–H groups in total. The highest BCUT2D eigenvalue weighted by Gasteiger charge is 2.49. The maximum Gasteiger partial charge on any atom is 0.434 e. The predicted molar refractivity (Wildman–Crippen MR) is 108 cm³/mol. The fraction of sp³-hybridized carbons (Fsp3) is 0.227. The van der Waals surface area contributed by atoms with Gasteiger partial charge < -0.3 is 4.74 Å². The Hall–Kier alpha value is -3.83. The summed E-state index contributed by atoms with van der Waals surface area (Å²) in [6.07, 6.45) is -8.70. The Kier molecular flexibility index (Phi) is 5.41. The third-order valence-corrected chi connectivity index (χ3v) is 5.18. The van der Waals surface area contributed by atoms with E-state index in [2.05, 4.69) is 10.2 Å². The number of carbonyl (C=O) groups excluding carboxylic acids is 1. The van der Waals surface area contributed by atoms with Crippen molar-refractivity contribution < 1.29 is 35.9 Å². The number of aromatic nitrogens is 2. The van der Waals surface area contributed by atoms with E-state index in [0.29, 0.717) is 9.69 Å². The van der Waals surface area contributed by atoms with Crippen LogP contribution in [-0.4, -0.2) is 26.6 Å². The normalized spacial score (nSPS) is 18.6. The van der Waals surface area contributed by atoms with Crippen LogP contribution in [0.1, 0.15) is 36.2 Å². The third-order valence-electron chi connectivity index (χ3n) is 5.18. The Morgan fingerprint density at radius 1 is 0.971 bits per heavy atom. The van der Waals surface area contributed by atoms with Crippen molar-refractivity contribution in [1.82, 2.24) is 14.8 Å². The smallest absolute Gasteiger partial charge is 0.434 e. The minimum absolute atomic E-state index is 0.115. The molecule has 0 saturated carbocycles. The maximum atomic E-state index is 14.1. The van der Waals surface area contributed by atoms with Crippen LogP contribution >= 0.6 is 0 Å². The molecular weight excluding hydrogens is 466 g/mol. The molecule has 2 aromatic carbocycles. The Morgan fingerprint density at radius 3 is 2.24 bits per heavy atom. The quantitative estimate of drug-likeness (QED) is 0.475. The van der Waals surface area contributed by atoms with Gasteiger partial charge in [-0.15, -0.1) is 5.10 Å². The summed E-state index contributed by atoms with van der Waals surface area (Å²) in [7, 11) is 0. The summed E-state index contributed by atoms with van der Waals surface area (Å²) in [5.74, 6) is -1.36. The first-order chi connectivity index (χ1) is 15.8. The zero-order valence-corrected chi connectivity index (χ0v) is 17.6. The standard InChI is InChI=1S/C22H16F6N4O2/c1-13(33)32-20(2,14-7-6-8-15(11-14)21(23,24)25)34-19(30-32)17-12-29-31(18(17)22(26,27)28)16-9-4-3-5-10-16/h3-12H,1-2H3/t20-/m1/s1. The molecule has 34 heavy (non-hydrogen) atoms. The third kappa shape index (κ3) is 3.99. The first-order valence-electron chi connectivity index (χ1n) is 9.79. The van der Waals surface area contributed by atoms with Crippen molar-refractivity contribution in [2.24, 2.45) is 5.10 Å². The summed E-state index contributed by atoms with van der Waals surface area (Å²) in [6.45, 7) is 2.31. The number of nitrogens with zero attached hydrogens (tertiary/aromatic N) is 4. The van der Waals surface area contributed by atoms with Crippen LogP contribution in [0.4, 0.5) is 26.3 Å². The number of benzene rings is 2. The largest absolute Gasteiger partial charge is 0.443 e. The first-order valence-corrected chi connectivity index (χ1v) is 9.79. The van der Waals surface area contributed by atoms with Gasteiger partial charge in [0.2, 0.25) is 17.5 Å². The molecule has 178 valence electrons.